The van der Waals surface area contributed by atoms with Gasteiger partial charge in [-0.3, -0.25) is 4.79 Å². The minimum Gasteiger partial charge on any atom is -0.473 e. The van der Waals surface area contributed by atoms with Crippen LogP contribution in [-0.4, -0.2) is 26.5 Å². The molecule has 0 radical (unpaired) electrons. The molecule has 0 unspecified atom stereocenters. The molecule has 158 valence electrons. The van der Waals surface area contributed by atoms with Gasteiger partial charge in [-0.05, 0) is 60.2 Å². The Bertz CT molecular complexity index is 1310. The monoisotopic (exact) mass is 418 g/mol. The van der Waals surface area contributed by atoms with Crippen molar-refractivity contribution >= 4 is 39.2 Å². The van der Waals surface area contributed by atoms with Crippen LogP contribution in [0.15, 0.2) is 54.6 Å². The average Bonchev–Trinajstić information content (AvgIpc) is 3.07. The molecule has 1 N–H and O–H groups in total. The Kier molecular flexibility index (Phi) is 5.29. The number of amides is 1. The van der Waals surface area contributed by atoms with Crippen molar-refractivity contribution in [2.24, 2.45) is 0 Å². The lowest BCUT2D eigenvalue weighted by molar-refractivity contribution is -0.390. The molecule has 2 aromatic heterocycles. The number of aryl methyl sites for hydroxylation is 2. The molecule has 0 saturated heterocycles. The quantitative estimate of drug-likeness (QED) is 0.357. The highest BCUT2D eigenvalue weighted by molar-refractivity contribution is 6.10. The number of nitrogens with one attached hydrogen (secondary N) is 1. The second kappa shape index (κ2) is 8.06. The Balaban J connectivity index is 1.59. The summed E-state index contributed by atoms with van der Waals surface area (Å²) < 4.78 is 7.78. The highest BCUT2D eigenvalue weighted by atomic mass is 16.6. The number of nitrogens with zero attached hydrogens (tertiary/aromatic N) is 3. The average molecular weight is 418 g/mol. The van der Waals surface area contributed by atoms with Gasteiger partial charge >= 0.3 is 5.82 Å². The SMILES string of the molecule is CCn1c2ccccc2c2cc(NC(=O)[C@@H](C)Oc3ccc(C)nc3[N+](=O)[O-])ccc21. The van der Waals surface area contributed by atoms with Gasteiger partial charge in [-0.2, -0.15) is 0 Å². The van der Waals surface area contributed by atoms with E-state index in [0.29, 0.717) is 11.4 Å². The lowest BCUT2D eigenvalue weighted by atomic mass is 10.1. The van der Waals surface area contributed by atoms with E-state index in [1.807, 2.05) is 30.3 Å². The summed E-state index contributed by atoms with van der Waals surface area (Å²) in [7, 11) is 0. The molecule has 0 fully saturated rings. The Morgan fingerprint density at radius 1 is 1.16 bits per heavy atom. The smallest absolute Gasteiger partial charge is 0.406 e. The van der Waals surface area contributed by atoms with E-state index in [0.717, 1.165) is 28.4 Å². The molecular formula is C23H22N4O4. The number of carbonyl (C=O) groups is 1. The minimum absolute atomic E-state index is 0.0419. The van der Waals surface area contributed by atoms with Crippen LogP contribution in [0.1, 0.15) is 19.5 Å². The fourth-order valence-corrected chi connectivity index (χ4v) is 3.71. The fourth-order valence-electron chi connectivity index (χ4n) is 3.71. The van der Waals surface area contributed by atoms with Crippen molar-refractivity contribution in [1.29, 1.82) is 0 Å². The van der Waals surface area contributed by atoms with Crippen molar-refractivity contribution in [1.82, 2.24) is 9.55 Å². The molecule has 2 heterocycles. The Morgan fingerprint density at radius 3 is 2.65 bits per heavy atom. The molecule has 1 atom stereocenters. The summed E-state index contributed by atoms with van der Waals surface area (Å²) in [5.74, 6) is -0.860. The number of anilines is 1. The summed E-state index contributed by atoms with van der Waals surface area (Å²) in [4.78, 5) is 27.2. The standard InChI is InChI=1S/C23H22N4O4/c1-4-26-19-8-6-5-7-17(19)18-13-16(10-11-20(18)26)25-23(28)15(3)31-21-12-9-14(2)24-22(21)27(29)30/h5-13,15H,4H2,1-3H3,(H,25,28)/t15-/m1/s1. The zero-order valence-electron chi connectivity index (χ0n) is 17.5. The zero-order chi connectivity index (χ0) is 22.1. The van der Waals surface area contributed by atoms with Crippen LogP contribution < -0.4 is 10.1 Å². The van der Waals surface area contributed by atoms with Gasteiger partial charge in [0.05, 0.1) is 0 Å². The molecule has 1 amide bonds. The molecule has 0 spiro atoms. The molecule has 31 heavy (non-hydrogen) atoms. The lowest BCUT2D eigenvalue weighted by Crippen LogP contribution is -2.30. The molecular weight excluding hydrogens is 396 g/mol. The highest BCUT2D eigenvalue weighted by Crippen LogP contribution is 2.31. The number of hydrogen-bond donors (Lipinski definition) is 1. The van der Waals surface area contributed by atoms with Crippen molar-refractivity contribution in [2.45, 2.75) is 33.4 Å². The summed E-state index contributed by atoms with van der Waals surface area (Å²) in [6.45, 7) is 6.13. The van der Waals surface area contributed by atoms with E-state index in [4.69, 9.17) is 4.74 Å². The second-order valence-corrected chi connectivity index (χ2v) is 7.27. The van der Waals surface area contributed by atoms with Crippen LogP contribution in [0.5, 0.6) is 5.75 Å². The van der Waals surface area contributed by atoms with E-state index < -0.39 is 22.8 Å². The van der Waals surface area contributed by atoms with Gasteiger partial charge in [0.1, 0.15) is 5.69 Å². The van der Waals surface area contributed by atoms with Crippen LogP contribution in [0, 0.1) is 17.0 Å². The minimum atomic E-state index is -0.948. The van der Waals surface area contributed by atoms with Crippen LogP contribution >= 0.6 is 0 Å². The van der Waals surface area contributed by atoms with Gasteiger partial charge in [0.15, 0.2) is 6.10 Å². The first-order chi connectivity index (χ1) is 14.9. The predicted molar refractivity (Wildman–Crippen MR) is 119 cm³/mol. The fraction of sp³-hybridized carbons (Fsp3) is 0.217. The number of rotatable bonds is 6. The lowest BCUT2D eigenvalue weighted by Gasteiger charge is -2.14. The molecule has 0 aliphatic carbocycles. The van der Waals surface area contributed by atoms with Crippen molar-refractivity contribution in [3.63, 3.8) is 0 Å². The first-order valence-corrected chi connectivity index (χ1v) is 9.99. The van der Waals surface area contributed by atoms with Crippen LogP contribution in [0.25, 0.3) is 21.8 Å². The van der Waals surface area contributed by atoms with Crippen LogP contribution in [0.2, 0.25) is 0 Å². The number of carbonyl (C=O) groups excluding carboxylic acids is 1. The number of pyridine rings is 1. The van der Waals surface area contributed by atoms with E-state index in [9.17, 15) is 14.9 Å². The molecule has 0 bridgehead atoms. The van der Waals surface area contributed by atoms with E-state index in [-0.39, 0.29) is 5.75 Å². The number of aromatic nitrogens is 2. The van der Waals surface area contributed by atoms with Crippen LogP contribution in [-0.2, 0) is 11.3 Å². The molecule has 4 rings (SSSR count). The van der Waals surface area contributed by atoms with Gasteiger partial charge in [0.25, 0.3) is 5.91 Å². The molecule has 4 aromatic rings. The number of benzene rings is 2. The molecule has 0 aliphatic heterocycles. The molecule has 0 aliphatic rings. The van der Waals surface area contributed by atoms with Gasteiger partial charge in [-0.15, -0.1) is 0 Å². The van der Waals surface area contributed by atoms with Gasteiger partial charge in [0, 0.05) is 41.0 Å². The third-order valence-electron chi connectivity index (χ3n) is 5.18. The van der Waals surface area contributed by atoms with Crippen LogP contribution in [0.4, 0.5) is 11.5 Å². The molecule has 8 heteroatoms. The van der Waals surface area contributed by atoms with E-state index in [1.165, 1.54) is 6.07 Å². The van der Waals surface area contributed by atoms with Gasteiger partial charge in [-0.25, -0.2) is 0 Å². The van der Waals surface area contributed by atoms with Crippen molar-refractivity contribution in [3.8, 4) is 5.75 Å². The predicted octanol–water partition coefficient (Wildman–Crippen LogP) is 4.83. The number of hydrogen-bond acceptors (Lipinski definition) is 5. The summed E-state index contributed by atoms with van der Waals surface area (Å²) in [5.41, 5.74) is 3.35. The normalized spacial score (nSPS) is 12.1. The third kappa shape index (κ3) is 3.79. The maximum Gasteiger partial charge on any atom is 0.406 e. The Morgan fingerprint density at radius 2 is 1.90 bits per heavy atom. The zero-order valence-corrected chi connectivity index (χ0v) is 17.5. The van der Waals surface area contributed by atoms with Crippen molar-refractivity contribution < 1.29 is 14.5 Å². The summed E-state index contributed by atoms with van der Waals surface area (Å²) in [5, 5.41) is 16.2. The van der Waals surface area contributed by atoms with Crippen molar-refractivity contribution in [3.05, 3.63) is 70.4 Å². The third-order valence-corrected chi connectivity index (χ3v) is 5.18. The van der Waals surface area contributed by atoms with Gasteiger partial charge in [-0.1, -0.05) is 18.2 Å². The topological polar surface area (TPSA) is 99.3 Å². The summed E-state index contributed by atoms with van der Waals surface area (Å²) in [6.07, 6.45) is -0.948. The number of nitro groups is 1. The molecule has 8 nitrogen and oxygen atoms in total. The second-order valence-electron chi connectivity index (χ2n) is 7.27. The Hall–Kier alpha value is -3.94. The van der Waals surface area contributed by atoms with Crippen molar-refractivity contribution in [2.75, 3.05) is 5.32 Å². The Labute approximate surface area is 178 Å². The highest BCUT2D eigenvalue weighted by Gasteiger charge is 2.23. The summed E-state index contributed by atoms with van der Waals surface area (Å²) >= 11 is 0. The molecule has 0 saturated carbocycles. The largest absolute Gasteiger partial charge is 0.473 e. The van der Waals surface area contributed by atoms with Gasteiger partial charge < -0.3 is 24.7 Å². The van der Waals surface area contributed by atoms with E-state index in [2.05, 4.69) is 33.9 Å². The number of fused-ring (bicyclic) bond motifs is 3. The first-order valence-electron chi connectivity index (χ1n) is 9.99. The summed E-state index contributed by atoms with van der Waals surface area (Å²) in [6, 6.07) is 17.0. The maximum absolute atomic E-state index is 12.7. The van der Waals surface area contributed by atoms with Crippen LogP contribution in [0.3, 0.4) is 0 Å². The number of ether oxygens (including phenoxy) is 1. The number of para-hydroxylation sites is 1. The first kappa shape index (κ1) is 20.3. The van der Waals surface area contributed by atoms with E-state index in [1.54, 1.807) is 19.9 Å². The molecule has 2 aromatic carbocycles. The van der Waals surface area contributed by atoms with E-state index >= 15 is 0 Å². The maximum atomic E-state index is 12.7. The van der Waals surface area contributed by atoms with Gasteiger partial charge in [0.2, 0.25) is 5.75 Å².